The van der Waals surface area contributed by atoms with E-state index in [0.717, 1.165) is 0 Å². The highest BCUT2D eigenvalue weighted by molar-refractivity contribution is 5.32. The van der Waals surface area contributed by atoms with Crippen molar-refractivity contribution in [3.63, 3.8) is 0 Å². The number of hydrogen-bond acceptors (Lipinski definition) is 2. The minimum absolute atomic E-state index is 0.0949. The van der Waals surface area contributed by atoms with E-state index in [2.05, 4.69) is 0 Å². The number of phenolic OH excluding ortho intramolecular Hbond substituents is 1. The second kappa shape index (κ2) is 2.66. The number of aromatic hydroxyl groups is 1. The van der Waals surface area contributed by atoms with Crippen LogP contribution in [0.3, 0.4) is 0 Å². The quantitative estimate of drug-likeness (QED) is 0.621. The molecule has 54 valence electrons. The van der Waals surface area contributed by atoms with Crippen molar-refractivity contribution in [2.45, 2.75) is 6.36 Å². The van der Waals surface area contributed by atoms with Crippen LogP contribution >= 0.6 is 0 Å². The highest BCUT2D eigenvalue weighted by Crippen LogP contribution is 2.23. The average Bonchev–Trinajstić information content (AvgIpc) is 1.88. The van der Waals surface area contributed by atoms with Crippen molar-refractivity contribution >= 4 is 0 Å². The van der Waals surface area contributed by atoms with Crippen molar-refractivity contribution in [3.8, 4) is 5.75 Å². The number of hydrogen-bond donors (Lipinski definition) is 2. The molecule has 0 aromatic heterocycles. The molecule has 1 atom stereocenters. The standard InChI is InChI=1S/C7H7FO2/c8-7(10)5-3-1-2-4-6(5)9/h1-4,7,9-10H. The molecule has 0 aliphatic rings. The zero-order valence-corrected chi connectivity index (χ0v) is 5.16. The Bertz CT molecular complexity index is 223. The average molecular weight is 142 g/mol. The van der Waals surface area contributed by atoms with Crippen LogP contribution in [0.1, 0.15) is 11.9 Å². The van der Waals surface area contributed by atoms with Crippen LogP contribution < -0.4 is 0 Å². The molecule has 1 unspecified atom stereocenters. The fourth-order valence-electron chi connectivity index (χ4n) is 0.689. The lowest BCUT2D eigenvalue weighted by Crippen LogP contribution is -1.88. The fourth-order valence-corrected chi connectivity index (χ4v) is 0.689. The minimum Gasteiger partial charge on any atom is -0.507 e. The van der Waals surface area contributed by atoms with Crippen molar-refractivity contribution in [2.24, 2.45) is 0 Å². The Hall–Kier alpha value is -1.09. The molecule has 3 heteroatoms. The molecule has 1 aromatic rings. The van der Waals surface area contributed by atoms with Crippen LogP contribution in [0, 0.1) is 0 Å². The summed E-state index contributed by atoms with van der Waals surface area (Å²) in [7, 11) is 0. The van der Waals surface area contributed by atoms with E-state index in [1.54, 1.807) is 6.07 Å². The van der Waals surface area contributed by atoms with Crippen LogP contribution in [-0.2, 0) is 0 Å². The van der Waals surface area contributed by atoms with Gasteiger partial charge in [0, 0.05) is 0 Å². The van der Waals surface area contributed by atoms with E-state index >= 15 is 0 Å². The monoisotopic (exact) mass is 142 g/mol. The molecule has 1 rings (SSSR count). The van der Waals surface area contributed by atoms with Gasteiger partial charge < -0.3 is 10.2 Å². The highest BCUT2D eigenvalue weighted by Gasteiger charge is 2.07. The normalized spacial score (nSPS) is 13.0. The van der Waals surface area contributed by atoms with Gasteiger partial charge in [0.05, 0.1) is 5.56 Å². The van der Waals surface area contributed by atoms with Gasteiger partial charge in [0.15, 0.2) is 0 Å². The zero-order valence-electron chi connectivity index (χ0n) is 5.16. The Morgan fingerprint density at radius 3 is 2.30 bits per heavy atom. The predicted octanol–water partition coefficient (Wildman–Crippen LogP) is 1.35. The van der Waals surface area contributed by atoms with Crippen LogP contribution in [0.15, 0.2) is 24.3 Å². The minimum atomic E-state index is -2.10. The summed E-state index contributed by atoms with van der Waals surface area (Å²) < 4.78 is 12.1. The molecule has 0 spiro atoms. The first-order chi connectivity index (χ1) is 4.72. The largest absolute Gasteiger partial charge is 0.507 e. The van der Waals surface area contributed by atoms with Crippen LogP contribution in [0.5, 0.6) is 5.75 Å². The molecule has 0 saturated heterocycles. The van der Waals surface area contributed by atoms with Crippen molar-refractivity contribution in [1.29, 1.82) is 0 Å². The summed E-state index contributed by atoms with van der Waals surface area (Å²) in [5.74, 6) is -0.225. The van der Waals surface area contributed by atoms with E-state index in [1.165, 1.54) is 18.2 Å². The van der Waals surface area contributed by atoms with Gasteiger partial charge in [-0.3, -0.25) is 0 Å². The van der Waals surface area contributed by atoms with E-state index < -0.39 is 6.36 Å². The van der Waals surface area contributed by atoms with Crippen molar-refractivity contribution < 1.29 is 14.6 Å². The van der Waals surface area contributed by atoms with Gasteiger partial charge in [0.2, 0.25) is 6.36 Å². The van der Waals surface area contributed by atoms with Gasteiger partial charge in [-0.2, -0.15) is 0 Å². The lowest BCUT2D eigenvalue weighted by molar-refractivity contribution is 0.0390. The molecule has 0 heterocycles. The summed E-state index contributed by atoms with van der Waals surface area (Å²) >= 11 is 0. The van der Waals surface area contributed by atoms with Gasteiger partial charge in [0.25, 0.3) is 0 Å². The molecule has 0 saturated carbocycles. The topological polar surface area (TPSA) is 40.5 Å². The van der Waals surface area contributed by atoms with Gasteiger partial charge in [-0.15, -0.1) is 0 Å². The lowest BCUT2D eigenvalue weighted by atomic mass is 10.2. The first-order valence-corrected chi connectivity index (χ1v) is 2.82. The second-order valence-electron chi connectivity index (χ2n) is 1.89. The Morgan fingerprint density at radius 1 is 1.30 bits per heavy atom. The Labute approximate surface area is 57.6 Å². The summed E-state index contributed by atoms with van der Waals surface area (Å²) in [4.78, 5) is 0. The van der Waals surface area contributed by atoms with Crippen molar-refractivity contribution in [1.82, 2.24) is 0 Å². The van der Waals surface area contributed by atoms with E-state index in [-0.39, 0.29) is 11.3 Å². The van der Waals surface area contributed by atoms with Crippen molar-refractivity contribution in [3.05, 3.63) is 29.8 Å². The first kappa shape index (κ1) is 7.02. The summed E-state index contributed by atoms with van der Waals surface area (Å²) in [6.07, 6.45) is -2.10. The third-order valence-electron chi connectivity index (χ3n) is 1.19. The molecule has 1 aromatic carbocycles. The SMILES string of the molecule is Oc1ccccc1C(O)F. The van der Waals surface area contributed by atoms with E-state index in [4.69, 9.17) is 10.2 Å². The number of alkyl halides is 1. The molecule has 0 radical (unpaired) electrons. The molecule has 0 aliphatic carbocycles. The number of phenols is 1. The maximum absolute atomic E-state index is 12.1. The van der Waals surface area contributed by atoms with E-state index in [9.17, 15) is 4.39 Å². The summed E-state index contributed by atoms with van der Waals surface area (Å²) in [5.41, 5.74) is -0.0949. The number of para-hydroxylation sites is 1. The van der Waals surface area contributed by atoms with Gasteiger partial charge in [0.1, 0.15) is 5.75 Å². The lowest BCUT2D eigenvalue weighted by Gasteiger charge is -2.01. The molecular weight excluding hydrogens is 135 g/mol. The number of aliphatic hydroxyl groups is 1. The number of rotatable bonds is 1. The van der Waals surface area contributed by atoms with Crippen LogP contribution in [-0.4, -0.2) is 10.2 Å². The molecule has 0 fully saturated rings. The number of benzene rings is 1. The fraction of sp³-hybridized carbons (Fsp3) is 0.143. The van der Waals surface area contributed by atoms with Crippen molar-refractivity contribution in [2.75, 3.05) is 0 Å². The predicted molar refractivity (Wildman–Crippen MR) is 34.2 cm³/mol. The number of aliphatic hydroxyl groups excluding tert-OH is 1. The Morgan fingerprint density at radius 2 is 1.90 bits per heavy atom. The number of halogens is 1. The van der Waals surface area contributed by atoms with Gasteiger partial charge in [-0.25, -0.2) is 4.39 Å². The Kier molecular flexibility index (Phi) is 1.87. The zero-order chi connectivity index (χ0) is 7.56. The molecule has 0 amide bonds. The third kappa shape index (κ3) is 1.25. The van der Waals surface area contributed by atoms with E-state index in [1.807, 2.05) is 0 Å². The van der Waals surface area contributed by atoms with E-state index in [0.29, 0.717) is 0 Å². The second-order valence-corrected chi connectivity index (χ2v) is 1.89. The molecule has 10 heavy (non-hydrogen) atoms. The third-order valence-corrected chi connectivity index (χ3v) is 1.19. The molecule has 0 aliphatic heterocycles. The summed E-state index contributed by atoms with van der Waals surface area (Å²) in [6.45, 7) is 0. The maximum Gasteiger partial charge on any atom is 0.226 e. The van der Waals surface area contributed by atoms with Gasteiger partial charge in [-0.05, 0) is 12.1 Å². The summed E-state index contributed by atoms with van der Waals surface area (Å²) in [5, 5.41) is 17.3. The van der Waals surface area contributed by atoms with Gasteiger partial charge >= 0.3 is 0 Å². The van der Waals surface area contributed by atoms with Crippen LogP contribution in [0.2, 0.25) is 0 Å². The summed E-state index contributed by atoms with van der Waals surface area (Å²) in [6, 6.07) is 5.73. The molecular formula is C7H7FO2. The maximum atomic E-state index is 12.1. The van der Waals surface area contributed by atoms with Gasteiger partial charge in [-0.1, -0.05) is 12.1 Å². The molecule has 0 bridgehead atoms. The first-order valence-electron chi connectivity index (χ1n) is 2.82. The van der Waals surface area contributed by atoms with Crippen LogP contribution in [0.4, 0.5) is 4.39 Å². The Balaban J connectivity index is 3.03. The molecule has 2 N–H and O–H groups in total. The van der Waals surface area contributed by atoms with Crippen LogP contribution in [0.25, 0.3) is 0 Å². The molecule has 2 nitrogen and oxygen atoms in total. The highest BCUT2D eigenvalue weighted by atomic mass is 19.1. The smallest absolute Gasteiger partial charge is 0.226 e.